The molecule has 2 aliphatic carbocycles. The molecule has 5 heteroatoms. The van der Waals surface area contributed by atoms with E-state index in [9.17, 15) is 4.79 Å². The first-order chi connectivity index (χ1) is 13.4. The van der Waals surface area contributed by atoms with E-state index in [4.69, 9.17) is 11.6 Å². The van der Waals surface area contributed by atoms with Gasteiger partial charge in [0.1, 0.15) is 0 Å². The van der Waals surface area contributed by atoms with E-state index < -0.39 is 0 Å². The van der Waals surface area contributed by atoms with Crippen molar-refractivity contribution >= 4 is 45.1 Å². The standard InChI is InChI=1S/C23H22BrClN2O/c1-27(2)8-7-26-23(28)22-20-6-4-18(24)11-17(20)13-21(22)16-9-14-3-5-19(25)12-15(14)10-16/h3-6,10-12H,7-9,13H2,1-2H3,(H,26,28). The first-order valence-electron chi connectivity index (χ1n) is 9.36. The quantitative estimate of drug-likeness (QED) is 0.704. The second kappa shape index (κ2) is 7.86. The van der Waals surface area contributed by atoms with Gasteiger partial charge in [0, 0.05) is 22.6 Å². The SMILES string of the molecule is CN(C)CCNC(=O)C1=C(C2=Cc3cc(Cl)ccc3C2)Cc2cc(Br)ccc21. The smallest absolute Gasteiger partial charge is 0.252 e. The van der Waals surface area contributed by atoms with Crippen LogP contribution in [-0.4, -0.2) is 38.0 Å². The highest BCUT2D eigenvalue weighted by molar-refractivity contribution is 9.10. The molecule has 2 aromatic carbocycles. The lowest BCUT2D eigenvalue weighted by Gasteiger charge is -2.13. The number of nitrogens with zero attached hydrogens (tertiary/aromatic N) is 1. The highest BCUT2D eigenvalue weighted by Gasteiger charge is 2.30. The minimum Gasteiger partial charge on any atom is -0.351 e. The van der Waals surface area contributed by atoms with Crippen LogP contribution in [0.2, 0.25) is 5.02 Å². The van der Waals surface area contributed by atoms with Crippen molar-refractivity contribution in [2.45, 2.75) is 12.8 Å². The van der Waals surface area contributed by atoms with E-state index in [1.165, 1.54) is 16.7 Å². The zero-order chi connectivity index (χ0) is 19.8. The molecule has 144 valence electrons. The fourth-order valence-corrected chi connectivity index (χ4v) is 4.50. The molecule has 0 saturated heterocycles. The summed E-state index contributed by atoms with van der Waals surface area (Å²) in [4.78, 5) is 15.2. The Balaban J connectivity index is 1.70. The molecule has 0 unspecified atom stereocenters. The molecule has 28 heavy (non-hydrogen) atoms. The summed E-state index contributed by atoms with van der Waals surface area (Å²) in [7, 11) is 4.01. The summed E-state index contributed by atoms with van der Waals surface area (Å²) >= 11 is 9.73. The van der Waals surface area contributed by atoms with Gasteiger partial charge in [-0.15, -0.1) is 0 Å². The van der Waals surface area contributed by atoms with E-state index in [1.807, 2.05) is 38.4 Å². The van der Waals surface area contributed by atoms with Gasteiger partial charge < -0.3 is 10.2 Å². The van der Waals surface area contributed by atoms with Gasteiger partial charge in [0.05, 0.1) is 5.57 Å². The Bertz CT molecular complexity index is 1020. The Hall–Kier alpha value is -1.88. The van der Waals surface area contributed by atoms with Crippen LogP contribution in [0.1, 0.15) is 22.3 Å². The lowest BCUT2D eigenvalue weighted by Crippen LogP contribution is -2.32. The van der Waals surface area contributed by atoms with Crippen molar-refractivity contribution in [3.63, 3.8) is 0 Å². The van der Waals surface area contributed by atoms with Crippen molar-refractivity contribution in [1.29, 1.82) is 0 Å². The summed E-state index contributed by atoms with van der Waals surface area (Å²) in [5, 5.41) is 3.84. The summed E-state index contributed by atoms with van der Waals surface area (Å²) in [6.45, 7) is 1.44. The van der Waals surface area contributed by atoms with Crippen molar-refractivity contribution in [3.05, 3.63) is 79.3 Å². The van der Waals surface area contributed by atoms with E-state index in [0.29, 0.717) is 6.54 Å². The fourth-order valence-electron chi connectivity index (χ4n) is 3.91. The van der Waals surface area contributed by atoms with Gasteiger partial charge in [0.15, 0.2) is 0 Å². The number of carbonyl (C=O) groups is 1. The van der Waals surface area contributed by atoms with Crippen molar-refractivity contribution in [2.75, 3.05) is 27.2 Å². The Morgan fingerprint density at radius 1 is 1.14 bits per heavy atom. The number of carbonyl (C=O) groups excluding carboxylic acids is 1. The monoisotopic (exact) mass is 456 g/mol. The van der Waals surface area contributed by atoms with Crippen molar-refractivity contribution in [3.8, 4) is 0 Å². The summed E-state index contributed by atoms with van der Waals surface area (Å²) in [5.74, 6) is 0.00723. The lowest BCUT2D eigenvalue weighted by atomic mass is 9.98. The van der Waals surface area contributed by atoms with Crippen molar-refractivity contribution < 1.29 is 4.79 Å². The zero-order valence-corrected chi connectivity index (χ0v) is 18.3. The molecule has 0 atom stereocenters. The van der Waals surface area contributed by atoms with E-state index in [0.717, 1.165) is 51.2 Å². The highest BCUT2D eigenvalue weighted by atomic mass is 79.9. The molecule has 4 rings (SSSR count). The number of fused-ring (bicyclic) bond motifs is 2. The topological polar surface area (TPSA) is 32.3 Å². The summed E-state index contributed by atoms with van der Waals surface area (Å²) < 4.78 is 1.04. The third-order valence-electron chi connectivity index (χ3n) is 5.28. The van der Waals surface area contributed by atoms with Crippen LogP contribution in [0.3, 0.4) is 0 Å². The molecule has 0 fully saturated rings. The minimum absolute atomic E-state index is 0.00723. The van der Waals surface area contributed by atoms with E-state index >= 15 is 0 Å². The van der Waals surface area contributed by atoms with E-state index in [2.05, 4.69) is 44.4 Å². The van der Waals surface area contributed by atoms with Crippen molar-refractivity contribution in [1.82, 2.24) is 10.2 Å². The molecule has 0 aliphatic heterocycles. The Kier molecular flexibility index (Phi) is 5.46. The Morgan fingerprint density at radius 3 is 2.75 bits per heavy atom. The van der Waals surface area contributed by atoms with Gasteiger partial charge in [-0.2, -0.15) is 0 Å². The van der Waals surface area contributed by atoms with Crippen LogP contribution >= 0.6 is 27.5 Å². The summed E-state index contributed by atoms with van der Waals surface area (Å²) in [6, 6.07) is 12.2. The number of nitrogens with one attached hydrogen (secondary N) is 1. The third kappa shape index (κ3) is 3.82. The number of likely N-dealkylation sites (N-methyl/N-ethyl adjacent to an activating group) is 1. The third-order valence-corrected chi connectivity index (χ3v) is 6.01. The van der Waals surface area contributed by atoms with Crippen molar-refractivity contribution in [2.24, 2.45) is 0 Å². The van der Waals surface area contributed by atoms with Gasteiger partial charge in [-0.3, -0.25) is 4.79 Å². The highest BCUT2D eigenvalue weighted by Crippen LogP contribution is 2.42. The molecular weight excluding hydrogens is 436 g/mol. The van der Waals surface area contributed by atoms with Crippen LogP contribution in [-0.2, 0) is 17.6 Å². The van der Waals surface area contributed by atoms with Gasteiger partial charge in [0.2, 0.25) is 0 Å². The summed E-state index contributed by atoms with van der Waals surface area (Å²) in [6.07, 6.45) is 3.80. The molecule has 0 heterocycles. The Morgan fingerprint density at radius 2 is 1.96 bits per heavy atom. The predicted octanol–water partition coefficient (Wildman–Crippen LogP) is 4.73. The molecule has 1 N–H and O–H groups in total. The predicted molar refractivity (Wildman–Crippen MR) is 119 cm³/mol. The molecule has 1 amide bonds. The second-order valence-corrected chi connectivity index (χ2v) is 8.93. The Labute approximate surface area is 179 Å². The van der Waals surface area contributed by atoms with Crippen LogP contribution in [0.15, 0.2) is 52.0 Å². The number of hydrogen-bond donors (Lipinski definition) is 1. The average molecular weight is 458 g/mol. The maximum atomic E-state index is 13.1. The number of halogens is 2. The molecule has 0 bridgehead atoms. The second-order valence-electron chi connectivity index (χ2n) is 7.58. The fraction of sp³-hybridized carbons (Fsp3) is 0.261. The summed E-state index contributed by atoms with van der Waals surface area (Å²) in [5.41, 5.74) is 7.79. The number of rotatable bonds is 5. The van der Waals surface area contributed by atoms with Crippen LogP contribution in [0.4, 0.5) is 0 Å². The van der Waals surface area contributed by atoms with Gasteiger partial charge >= 0.3 is 0 Å². The van der Waals surface area contributed by atoms with Crippen LogP contribution in [0.25, 0.3) is 11.6 Å². The maximum absolute atomic E-state index is 13.1. The van der Waals surface area contributed by atoms with E-state index in [-0.39, 0.29) is 5.91 Å². The lowest BCUT2D eigenvalue weighted by molar-refractivity contribution is -0.115. The normalized spacial score (nSPS) is 15.0. The van der Waals surface area contributed by atoms with Crippen LogP contribution < -0.4 is 5.32 Å². The molecule has 0 aromatic heterocycles. The molecular formula is C23H22BrClN2O. The molecule has 2 aliphatic rings. The molecule has 0 spiro atoms. The molecule has 0 saturated carbocycles. The van der Waals surface area contributed by atoms with Gasteiger partial charge in [-0.1, -0.05) is 45.7 Å². The number of benzene rings is 2. The molecule has 3 nitrogen and oxygen atoms in total. The van der Waals surface area contributed by atoms with Crippen LogP contribution in [0.5, 0.6) is 0 Å². The molecule has 2 aromatic rings. The van der Waals surface area contributed by atoms with Gasteiger partial charge in [-0.25, -0.2) is 0 Å². The largest absolute Gasteiger partial charge is 0.351 e. The number of allylic oxidation sites excluding steroid dienone is 2. The minimum atomic E-state index is 0.00723. The first-order valence-corrected chi connectivity index (χ1v) is 10.5. The number of hydrogen-bond acceptors (Lipinski definition) is 2. The average Bonchev–Trinajstić information content (AvgIpc) is 3.21. The van der Waals surface area contributed by atoms with Gasteiger partial charge in [-0.05, 0) is 84.6 Å². The number of amides is 1. The molecule has 0 radical (unpaired) electrons. The van der Waals surface area contributed by atoms with Gasteiger partial charge in [0.25, 0.3) is 5.91 Å². The first kappa shape index (κ1) is 19.4. The van der Waals surface area contributed by atoms with E-state index in [1.54, 1.807) is 0 Å². The maximum Gasteiger partial charge on any atom is 0.252 e. The zero-order valence-electron chi connectivity index (χ0n) is 16.0. The van der Waals surface area contributed by atoms with Crippen LogP contribution in [0, 0.1) is 0 Å².